The van der Waals surface area contributed by atoms with E-state index in [0.29, 0.717) is 30.8 Å². The molecule has 1 amide bonds. The average molecular weight is 413 g/mol. The summed E-state index contributed by atoms with van der Waals surface area (Å²) in [5.74, 6) is -1.97. The van der Waals surface area contributed by atoms with E-state index in [1.165, 1.54) is 4.80 Å². The predicted octanol–water partition coefficient (Wildman–Crippen LogP) is 0.141. The first-order valence-electron chi connectivity index (χ1n) is 9.72. The molecule has 7 N–H and O–H groups in total. The van der Waals surface area contributed by atoms with Crippen molar-refractivity contribution in [2.45, 2.75) is 43.3 Å². The summed E-state index contributed by atoms with van der Waals surface area (Å²) < 4.78 is 14.0. The Labute approximate surface area is 172 Å². The van der Waals surface area contributed by atoms with Crippen molar-refractivity contribution in [3.63, 3.8) is 0 Å². The van der Waals surface area contributed by atoms with Crippen LogP contribution in [-0.2, 0) is 4.79 Å². The quantitative estimate of drug-likeness (QED) is 0.468. The zero-order valence-electron chi connectivity index (χ0n) is 16.2. The van der Waals surface area contributed by atoms with Crippen molar-refractivity contribution in [3.8, 4) is 5.69 Å². The number of nitrogens with two attached hydrogens (primary N) is 2. The van der Waals surface area contributed by atoms with Crippen LogP contribution in [0.2, 0.25) is 0 Å². The minimum Gasteiger partial charge on any atom is -0.365 e. The summed E-state index contributed by atoms with van der Waals surface area (Å²) in [6, 6.07) is 6.19. The summed E-state index contributed by atoms with van der Waals surface area (Å²) in [5.41, 5.74) is 13.1. The van der Waals surface area contributed by atoms with Gasteiger partial charge in [0.25, 0.3) is 11.7 Å². The lowest BCUT2D eigenvalue weighted by Crippen LogP contribution is -2.69. The fraction of sp³-hybridized carbons (Fsp3) is 0.368. The lowest BCUT2D eigenvalue weighted by Gasteiger charge is -2.39. The molecule has 1 aliphatic carbocycles. The normalized spacial score (nSPS) is 28.5. The second kappa shape index (κ2) is 8.20. The van der Waals surface area contributed by atoms with E-state index in [1.54, 1.807) is 24.7 Å². The number of alkyl halides is 1. The molecule has 4 rings (SSSR count). The predicted molar refractivity (Wildman–Crippen MR) is 110 cm³/mol. The molecule has 1 aliphatic heterocycles. The molecule has 0 bridgehead atoms. The van der Waals surface area contributed by atoms with Crippen molar-refractivity contribution in [3.05, 3.63) is 48.9 Å². The van der Waals surface area contributed by atoms with Crippen molar-refractivity contribution >= 4 is 17.4 Å². The van der Waals surface area contributed by atoms with Crippen LogP contribution in [0.5, 0.6) is 0 Å². The maximum atomic E-state index is 14.0. The number of hydrogen-bond donors (Lipinski definition) is 5. The molecule has 1 aromatic carbocycles. The lowest BCUT2D eigenvalue weighted by atomic mass is 9.89. The van der Waals surface area contributed by atoms with Gasteiger partial charge < -0.3 is 22.1 Å². The Hall–Kier alpha value is -3.31. The number of carbonyl (C=O) groups excluding carboxylic acids is 1. The first-order valence-corrected chi connectivity index (χ1v) is 9.72. The highest BCUT2D eigenvalue weighted by atomic mass is 19.1. The van der Waals surface area contributed by atoms with E-state index in [4.69, 9.17) is 11.5 Å². The van der Waals surface area contributed by atoms with Gasteiger partial charge in [-0.2, -0.15) is 15.0 Å². The molecule has 30 heavy (non-hydrogen) atoms. The van der Waals surface area contributed by atoms with Crippen LogP contribution in [0, 0.1) is 0 Å². The number of carbonyl (C=O) groups is 1. The van der Waals surface area contributed by atoms with Crippen molar-refractivity contribution in [2.75, 3.05) is 5.32 Å². The number of hydrogen-bond acceptors (Lipinski definition) is 8. The zero-order valence-corrected chi connectivity index (χ0v) is 16.2. The summed E-state index contributed by atoms with van der Waals surface area (Å²) >= 11 is 0. The van der Waals surface area contributed by atoms with Gasteiger partial charge in [0.1, 0.15) is 12.0 Å². The topological polar surface area (TPSA) is 148 Å². The number of halogens is 1. The maximum Gasteiger partial charge on any atom is 0.282 e. The van der Waals surface area contributed by atoms with Gasteiger partial charge in [-0.1, -0.05) is 6.07 Å². The number of rotatable bonds is 5. The van der Waals surface area contributed by atoms with E-state index in [1.807, 2.05) is 24.3 Å². The van der Waals surface area contributed by atoms with Crippen molar-refractivity contribution in [1.29, 1.82) is 0 Å². The van der Waals surface area contributed by atoms with E-state index in [2.05, 4.69) is 31.1 Å². The molecule has 1 unspecified atom stereocenters. The van der Waals surface area contributed by atoms with E-state index >= 15 is 0 Å². The molecule has 10 nitrogen and oxygen atoms in total. The molecule has 1 fully saturated rings. The van der Waals surface area contributed by atoms with Crippen LogP contribution in [0.4, 0.5) is 10.1 Å². The standard InChI is InChI=1S/C19H24FN9O/c20-14-5-2-6-15(17(14)21)27-19(18(22)30)23-8-7-16(28-19)26-12-3-1-4-13(11-12)29-24-9-10-25-29/h1,3-4,7-11,14-15,17,23,27H,2,5-6,21H2,(H2,22,30)(H,26,28)/t14-,15+,17-,19?/m0/s1. The number of anilines is 1. The van der Waals surface area contributed by atoms with Crippen molar-refractivity contribution < 1.29 is 9.18 Å². The van der Waals surface area contributed by atoms with Crippen LogP contribution in [0.3, 0.4) is 0 Å². The van der Waals surface area contributed by atoms with Gasteiger partial charge >= 0.3 is 0 Å². The zero-order chi connectivity index (χ0) is 21.1. The Morgan fingerprint density at radius 2 is 2.10 bits per heavy atom. The summed E-state index contributed by atoms with van der Waals surface area (Å²) in [6.07, 6.45) is 6.97. The molecule has 2 aliphatic rings. The molecule has 0 radical (unpaired) electrons. The Bertz CT molecular complexity index is 961. The van der Waals surface area contributed by atoms with Crippen LogP contribution in [0.15, 0.2) is 53.9 Å². The smallest absolute Gasteiger partial charge is 0.282 e. The van der Waals surface area contributed by atoms with Crippen molar-refractivity contribution in [1.82, 2.24) is 25.6 Å². The van der Waals surface area contributed by atoms with E-state index in [0.717, 1.165) is 5.69 Å². The molecule has 11 heteroatoms. The van der Waals surface area contributed by atoms with Gasteiger partial charge in [0.05, 0.1) is 24.1 Å². The minimum atomic E-state index is -1.63. The molecule has 158 valence electrons. The fourth-order valence-corrected chi connectivity index (χ4v) is 3.64. The lowest BCUT2D eigenvalue weighted by molar-refractivity contribution is -0.125. The Kier molecular flexibility index (Phi) is 5.46. The molecule has 0 spiro atoms. The molecule has 2 aromatic rings. The largest absolute Gasteiger partial charge is 0.365 e. The van der Waals surface area contributed by atoms with Crippen LogP contribution >= 0.6 is 0 Å². The second-order valence-electron chi connectivity index (χ2n) is 7.32. The molecule has 2 heterocycles. The third-order valence-corrected chi connectivity index (χ3v) is 5.22. The van der Waals surface area contributed by atoms with E-state index in [-0.39, 0.29) is 0 Å². The van der Waals surface area contributed by atoms with Gasteiger partial charge in [0, 0.05) is 17.9 Å². The summed E-state index contributed by atoms with van der Waals surface area (Å²) in [6.45, 7) is 0. The van der Waals surface area contributed by atoms with Crippen LogP contribution in [0.1, 0.15) is 19.3 Å². The summed E-state index contributed by atoms with van der Waals surface area (Å²) in [5, 5.41) is 17.3. The van der Waals surface area contributed by atoms with Gasteiger partial charge in [-0.25, -0.2) is 9.38 Å². The maximum absolute atomic E-state index is 14.0. The fourth-order valence-electron chi connectivity index (χ4n) is 3.64. The summed E-state index contributed by atoms with van der Waals surface area (Å²) in [4.78, 5) is 18.3. The monoisotopic (exact) mass is 413 g/mol. The first kappa shape index (κ1) is 20.0. The summed E-state index contributed by atoms with van der Waals surface area (Å²) in [7, 11) is 0. The van der Waals surface area contributed by atoms with Gasteiger partial charge in [-0.05, 0) is 43.5 Å². The molecule has 0 saturated heterocycles. The van der Waals surface area contributed by atoms with Crippen LogP contribution in [0.25, 0.3) is 5.69 Å². The molecular formula is C19H24FN9O. The minimum absolute atomic E-state index is 0.395. The number of aliphatic imine (C=N–C) groups is 1. The van der Waals surface area contributed by atoms with Crippen LogP contribution in [-0.4, -0.2) is 50.8 Å². The molecule has 1 saturated carbocycles. The number of nitrogens with one attached hydrogen (secondary N) is 3. The Morgan fingerprint density at radius 3 is 2.87 bits per heavy atom. The number of amides is 1. The average Bonchev–Trinajstić information content (AvgIpc) is 3.27. The molecular weight excluding hydrogens is 389 g/mol. The number of benzene rings is 1. The highest BCUT2D eigenvalue weighted by Gasteiger charge is 2.42. The SMILES string of the molecule is NC(=O)C1(N[C@@H]2CCC[C@H](F)[C@@H]2N)N=C(Nc2cccc(-n3nccn3)c2)C=CN1. The van der Waals surface area contributed by atoms with Crippen LogP contribution < -0.4 is 27.4 Å². The van der Waals surface area contributed by atoms with Gasteiger partial charge in [-0.3, -0.25) is 10.1 Å². The highest BCUT2D eigenvalue weighted by Crippen LogP contribution is 2.23. The number of nitrogens with zero attached hydrogens (tertiary/aromatic N) is 4. The second-order valence-corrected chi connectivity index (χ2v) is 7.32. The third kappa shape index (κ3) is 4.02. The van der Waals surface area contributed by atoms with E-state index in [9.17, 15) is 9.18 Å². The first-order chi connectivity index (χ1) is 14.5. The number of aromatic nitrogens is 3. The third-order valence-electron chi connectivity index (χ3n) is 5.22. The Balaban J connectivity index is 1.56. The van der Waals surface area contributed by atoms with Crippen molar-refractivity contribution in [2.24, 2.45) is 16.5 Å². The van der Waals surface area contributed by atoms with Gasteiger partial charge in [0.2, 0.25) is 0 Å². The molecule has 4 atom stereocenters. The Morgan fingerprint density at radius 1 is 1.30 bits per heavy atom. The van der Waals surface area contributed by atoms with Gasteiger partial charge in [0.15, 0.2) is 0 Å². The highest BCUT2D eigenvalue weighted by molar-refractivity contribution is 6.06. The van der Waals surface area contributed by atoms with Gasteiger partial charge in [-0.15, -0.1) is 0 Å². The number of primary amides is 1. The molecule has 1 aromatic heterocycles. The van der Waals surface area contributed by atoms with E-state index < -0.39 is 29.9 Å². The number of amidine groups is 1.